The number of carbonyl (C=O) groups excluding carboxylic acids is 2. The normalized spacial score (nSPS) is 22.5. The summed E-state index contributed by atoms with van der Waals surface area (Å²) in [6.45, 7) is 1.95. The topological polar surface area (TPSA) is 70.2 Å². The van der Waals surface area contributed by atoms with Gasteiger partial charge in [-0.2, -0.15) is 0 Å². The molecule has 1 unspecified atom stereocenters. The van der Waals surface area contributed by atoms with Crippen molar-refractivity contribution in [2.24, 2.45) is 0 Å². The SMILES string of the molecule is O=C1NC(=O)c2cc(NC3CCNC3)ccc21. The number of amides is 2. The van der Waals surface area contributed by atoms with Crippen LogP contribution in [0.5, 0.6) is 0 Å². The van der Waals surface area contributed by atoms with Crippen molar-refractivity contribution in [3.8, 4) is 0 Å². The van der Waals surface area contributed by atoms with Gasteiger partial charge in [0, 0.05) is 18.3 Å². The Labute approximate surface area is 98.6 Å². The third-order valence-electron chi connectivity index (χ3n) is 3.17. The lowest BCUT2D eigenvalue weighted by Gasteiger charge is -2.13. The molecule has 2 aliphatic heterocycles. The number of benzene rings is 1. The van der Waals surface area contributed by atoms with Crippen LogP contribution in [-0.2, 0) is 0 Å². The Balaban J connectivity index is 1.85. The second kappa shape index (κ2) is 3.85. The van der Waals surface area contributed by atoms with E-state index >= 15 is 0 Å². The molecule has 0 saturated carbocycles. The van der Waals surface area contributed by atoms with Crippen molar-refractivity contribution >= 4 is 17.5 Å². The van der Waals surface area contributed by atoms with Gasteiger partial charge in [-0.05, 0) is 31.2 Å². The monoisotopic (exact) mass is 231 g/mol. The van der Waals surface area contributed by atoms with Crippen LogP contribution >= 0.6 is 0 Å². The van der Waals surface area contributed by atoms with Crippen molar-refractivity contribution in [2.75, 3.05) is 18.4 Å². The second-order valence-electron chi connectivity index (χ2n) is 4.38. The van der Waals surface area contributed by atoms with Crippen molar-refractivity contribution in [2.45, 2.75) is 12.5 Å². The Kier molecular flexibility index (Phi) is 2.33. The van der Waals surface area contributed by atoms with E-state index in [4.69, 9.17) is 0 Å². The van der Waals surface area contributed by atoms with E-state index in [2.05, 4.69) is 16.0 Å². The van der Waals surface area contributed by atoms with E-state index in [-0.39, 0.29) is 11.8 Å². The van der Waals surface area contributed by atoms with Gasteiger partial charge in [0.2, 0.25) is 0 Å². The molecule has 3 N–H and O–H groups in total. The average molecular weight is 231 g/mol. The number of imide groups is 1. The summed E-state index contributed by atoms with van der Waals surface area (Å²) in [6, 6.07) is 5.68. The number of rotatable bonds is 2. The van der Waals surface area contributed by atoms with E-state index in [9.17, 15) is 9.59 Å². The second-order valence-corrected chi connectivity index (χ2v) is 4.38. The van der Waals surface area contributed by atoms with Crippen LogP contribution in [0, 0.1) is 0 Å². The van der Waals surface area contributed by atoms with E-state index in [1.807, 2.05) is 6.07 Å². The molecular weight excluding hydrogens is 218 g/mol. The molecule has 5 heteroatoms. The van der Waals surface area contributed by atoms with E-state index in [1.54, 1.807) is 12.1 Å². The third-order valence-corrected chi connectivity index (χ3v) is 3.17. The summed E-state index contributed by atoms with van der Waals surface area (Å²) in [6.07, 6.45) is 1.07. The van der Waals surface area contributed by atoms with Gasteiger partial charge < -0.3 is 10.6 Å². The number of fused-ring (bicyclic) bond motifs is 1. The fourth-order valence-electron chi connectivity index (χ4n) is 2.27. The molecule has 2 amide bonds. The van der Waals surface area contributed by atoms with Crippen LogP contribution in [-0.4, -0.2) is 30.9 Å². The van der Waals surface area contributed by atoms with Gasteiger partial charge in [0.05, 0.1) is 11.1 Å². The van der Waals surface area contributed by atoms with Crippen LogP contribution in [0.1, 0.15) is 27.1 Å². The minimum Gasteiger partial charge on any atom is -0.381 e. The van der Waals surface area contributed by atoms with E-state index in [1.165, 1.54) is 0 Å². The maximum Gasteiger partial charge on any atom is 0.259 e. The fraction of sp³-hybridized carbons (Fsp3) is 0.333. The van der Waals surface area contributed by atoms with Gasteiger partial charge in [-0.15, -0.1) is 0 Å². The van der Waals surface area contributed by atoms with Gasteiger partial charge in [-0.25, -0.2) is 0 Å². The molecule has 1 aromatic carbocycles. The molecule has 17 heavy (non-hydrogen) atoms. The van der Waals surface area contributed by atoms with E-state index < -0.39 is 0 Å². The highest BCUT2D eigenvalue weighted by Gasteiger charge is 2.27. The maximum absolute atomic E-state index is 11.5. The minimum atomic E-state index is -0.307. The smallest absolute Gasteiger partial charge is 0.259 e. The first-order valence-corrected chi connectivity index (χ1v) is 5.71. The molecule has 0 radical (unpaired) electrons. The lowest BCUT2D eigenvalue weighted by molar-refractivity contribution is 0.0879. The molecule has 0 spiro atoms. The molecule has 1 atom stereocenters. The van der Waals surface area contributed by atoms with Crippen molar-refractivity contribution in [1.29, 1.82) is 0 Å². The molecule has 0 bridgehead atoms. The number of hydrogen-bond donors (Lipinski definition) is 3. The fourth-order valence-corrected chi connectivity index (χ4v) is 2.27. The van der Waals surface area contributed by atoms with Gasteiger partial charge in [-0.1, -0.05) is 0 Å². The van der Waals surface area contributed by atoms with Crippen LogP contribution in [0.4, 0.5) is 5.69 Å². The van der Waals surface area contributed by atoms with E-state index in [0.29, 0.717) is 17.2 Å². The number of nitrogens with one attached hydrogen (secondary N) is 3. The van der Waals surface area contributed by atoms with Crippen LogP contribution in [0.25, 0.3) is 0 Å². The summed E-state index contributed by atoms with van der Waals surface area (Å²) in [5.74, 6) is -0.614. The highest BCUT2D eigenvalue weighted by molar-refractivity contribution is 6.21. The number of carbonyl (C=O) groups is 2. The predicted octanol–water partition coefficient (Wildman–Crippen LogP) is 0.344. The standard InChI is InChI=1S/C12H13N3O2/c16-11-9-2-1-7(5-10(9)12(17)15-11)14-8-3-4-13-6-8/h1-2,5,8,13-14H,3-4,6H2,(H,15,16,17). The summed E-state index contributed by atoms with van der Waals surface area (Å²) in [5, 5.41) is 8.90. The Hall–Kier alpha value is -1.88. The largest absolute Gasteiger partial charge is 0.381 e. The molecule has 2 aliphatic rings. The first-order chi connectivity index (χ1) is 8.24. The summed E-state index contributed by atoms with van der Waals surface area (Å²) in [4.78, 5) is 22.9. The zero-order valence-corrected chi connectivity index (χ0v) is 9.25. The summed E-state index contributed by atoms with van der Waals surface area (Å²) in [5.41, 5.74) is 1.82. The van der Waals surface area contributed by atoms with Crippen LogP contribution in [0.15, 0.2) is 18.2 Å². The van der Waals surface area contributed by atoms with Crippen molar-refractivity contribution in [3.05, 3.63) is 29.3 Å². The molecule has 88 valence electrons. The first kappa shape index (κ1) is 10.3. The average Bonchev–Trinajstić information content (AvgIpc) is 2.89. The lowest BCUT2D eigenvalue weighted by atomic mass is 10.1. The van der Waals surface area contributed by atoms with Gasteiger partial charge in [-0.3, -0.25) is 14.9 Å². The number of anilines is 1. The van der Waals surface area contributed by atoms with Crippen LogP contribution in [0.2, 0.25) is 0 Å². The molecule has 1 fully saturated rings. The zero-order valence-electron chi connectivity index (χ0n) is 9.25. The van der Waals surface area contributed by atoms with Crippen LogP contribution < -0.4 is 16.0 Å². The molecule has 1 saturated heterocycles. The van der Waals surface area contributed by atoms with Gasteiger partial charge in [0.15, 0.2) is 0 Å². The van der Waals surface area contributed by atoms with Crippen molar-refractivity contribution in [1.82, 2.24) is 10.6 Å². The highest BCUT2D eigenvalue weighted by Crippen LogP contribution is 2.21. The van der Waals surface area contributed by atoms with Gasteiger partial charge in [0.1, 0.15) is 0 Å². The third kappa shape index (κ3) is 1.78. The summed E-state index contributed by atoms with van der Waals surface area (Å²) < 4.78 is 0. The van der Waals surface area contributed by atoms with Crippen molar-refractivity contribution in [3.63, 3.8) is 0 Å². The zero-order chi connectivity index (χ0) is 11.8. The Morgan fingerprint density at radius 3 is 2.76 bits per heavy atom. The summed E-state index contributed by atoms with van der Waals surface area (Å²) >= 11 is 0. The van der Waals surface area contributed by atoms with Gasteiger partial charge in [0.25, 0.3) is 11.8 Å². The summed E-state index contributed by atoms with van der Waals surface area (Å²) in [7, 11) is 0. The number of hydrogen-bond acceptors (Lipinski definition) is 4. The molecule has 0 aromatic heterocycles. The molecular formula is C12H13N3O2. The Bertz CT molecular complexity index is 493. The molecule has 0 aliphatic carbocycles. The molecule has 3 rings (SSSR count). The predicted molar refractivity (Wildman–Crippen MR) is 63.1 cm³/mol. The van der Waals surface area contributed by atoms with Crippen molar-refractivity contribution < 1.29 is 9.59 Å². The molecule has 1 aromatic rings. The van der Waals surface area contributed by atoms with E-state index in [0.717, 1.165) is 25.2 Å². The quantitative estimate of drug-likeness (QED) is 0.642. The lowest BCUT2D eigenvalue weighted by Crippen LogP contribution is -2.22. The Morgan fingerprint density at radius 1 is 1.18 bits per heavy atom. The molecule has 5 nitrogen and oxygen atoms in total. The first-order valence-electron chi connectivity index (χ1n) is 5.71. The maximum atomic E-state index is 11.5. The van der Waals surface area contributed by atoms with Gasteiger partial charge >= 0.3 is 0 Å². The van der Waals surface area contributed by atoms with Crippen LogP contribution in [0.3, 0.4) is 0 Å². The Morgan fingerprint density at radius 2 is 2.00 bits per heavy atom. The molecule has 2 heterocycles. The minimum absolute atomic E-state index is 0.306. The highest BCUT2D eigenvalue weighted by atomic mass is 16.2.